The second-order valence-electron chi connectivity index (χ2n) is 3.77. The fraction of sp³-hybridized carbons (Fsp3) is 0.214. The maximum Gasteiger partial charge on any atom is 1.00 e. The average Bonchev–Trinajstić information content (AvgIpc) is 2.83. The SMILES string of the molecule is N#CCCCOc1ccccc1.O=Cc1sc(=S)[nH]c1O.[H-].[Na+]. The van der Waals surface area contributed by atoms with Crippen LogP contribution in [-0.4, -0.2) is 23.0 Å². The van der Waals surface area contributed by atoms with Gasteiger partial charge in [0.15, 0.2) is 10.2 Å². The van der Waals surface area contributed by atoms with Crippen molar-refractivity contribution in [2.45, 2.75) is 12.8 Å². The molecule has 0 amide bonds. The molecular weight excluding hydrogens is 331 g/mol. The Morgan fingerprint density at radius 3 is 2.59 bits per heavy atom. The van der Waals surface area contributed by atoms with E-state index in [0.717, 1.165) is 23.5 Å². The third-order valence-electron chi connectivity index (χ3n) is 2.21. The van der Waals surface area contributed by atoms with Gasteiger partial charge in [0.1, 0.15) is 10.6 Å². The van der Waals surface area contributed by atoms with E-state index in [-0.39, 0.29) is 41.7 Å². The maximum atomic E-state index is 10.0. The molecule has 0 aliphatic carbocycles. The number of thiazole rings is 1. The number of unbranched alkanes of at least 4 members (excludes halogenated alkanes) is 1. The largest absolute Gasteiger partial charge is 1.00 e. The molecular formula is C14H15N2NaO3S2. The van der Waals surface area contributed by atoms with Crippen LogP contribution in [0.2, 0.25) is 0 Å². The number of rotatable bonds is 5. The van der Waals surface area contributed by atoms with Crippen molar-refractivity contribution in [1.82, 2.24) is 4.98 Å². The Morgan fingerprint density at radius 1 is 1.45 bits per heavy atom. The Balaban J connectivity index is 0. The second-order valence-corrected chi connectivity index (χ2v) is 5.49. The standard InChI is InChI=1S/C10H11NO.C4H3NO2S2.Na.H/c11-8-4-5-9-12-10-6-2-1-3-7-10;6-1-2-3(7)5-4(8)9-2;;/h1-3,6-7H,4-5,9H2;1,7H,(H,5,8);;/q;;+1;-1. The van der Waals surface area contributed by atoms with Crippen LogP contribution in [0.4, 0.5) is 0 Å². The van der Waals surface area contributed by atoms with E-state index in [1.807, 2.05) is 30.3 Å². The molecule has 0 fully saturated rings. The van der Waals surface area contributed by atoms with Crippen molar-refractivity contribution in [3.8, 4) is 17.7 Å². The van der Waals surface area contributed by atoms with Gasteiger partial charge in [-0.1, -0.05) is 29.5 Å². The molecule has 1 aromatic heterocycles. The molecule has 8 heteroatoms. The summed E-state index contributed by atoms with van der Waals surface area (Å²) in [5, 5.41) is 17.0. The molecule has 0 radical (unpaired) electrons. The van der Waals surface area contributed by atoms with E-state index in [2.05, 4.69) is 23.3 Å². The summed E-state index contributed by atoms with van der Waals surface area (Å²) in [6.07, 6.45) is 1.92. The van der Waals surface area contributed by atoms with Crippen LogP contribution in [0.15, 0.2) is 30.3 Å². The Bertz CT molecular complexity index is 656. The number of nitriles is 1. The number of aromatic hydroxyl groups is 1. The first-order chi connectivity index (χ1) is 10.2. The molecule has 2 aromatic rings. The van der Waals surface area contributed by atoms with Crippen molar-refractivity contribution in [1.29, 1.82) is 5.26 Å². The minimum absolute atomic E-state index is 0. The van der Waals surface area contributed by atoms with Gasteiger partial charge in [0, 0.05) is 6.42 Å². The average molecular weight is 346 g/mol. The third-order valence-corrected chi connectivity index (χ3v) is 3.36. The van der Waals surface area contributed by atoms with Crippen LogP contribution in [0.1, 0.15) is 23.9 Å². The van der Waals surface area contributed by atoms with Crippen molar-refractivity contribution in [2.24, 2.45) is 0 Å². The molecule has 0 aliphatic heterocycles. The first-order valence-electron chi connectivity index (χ1n) is 6.09. The number of benzene rings is 1. The van der Waals surface area contributed by atoms with E-state index in [1.54, 1.807) is 0 Å². The fourth-order valence-electron chi connectivity index (χ4n) is 1.27. The number of aldehydes is 1. The van der Waals surface area contributed by atoms with Crippen LogP contribution in [0.3, 0.4) is 0 Å². The van der Waals surface area contributed by atoms with Gasteiger partial charge in [0.25, 0.3) is 0 Å². The summed E-state index contributed by atoms with van der Waals surface area (Å²) >= 11 is 5.69. The fourth-order valence-corrected chi connectivity index (χ4v) is 2.18. The Morgan fingerprint density at radius 2 is 2.14 bits per heavy atom. The second kappa shape index (κ2) is 12.4. The van der Waals surface area contributed by atoms with Crippen LogP contribution in [0.25, 0.3) is 0 Å². The molecule has 5 nitrogen and oxygen atoms in total. The molecule has 0 unspecified atom stereocenters. The summed E-state index contributed by atoms with van der Waals surface area (Å²) in [6, 6.07) is 11.7. The number of aromatic amines is 1. The predicted octanol–water partition coefficient (Wildman–Crippen LogP) is 0.809. The minimum atomic E-state index is -0.139. The zero-order valence-corrected chi connectivity index (χ0v) is 15.7. The number of ether oxygens (including phenoxy) is 1. The van der Waals surface area contributed by atoms with E-state index in [4.69, 9.17) is 15.1 Å². The van der Waals surface area contributed by atoms with Gasteiger partial charge < -0.3 is 16.3 Å². The molecule has 0 spiro atoms. The van der Waals surface area contributed by atoms with Gasteiger partial charge in [-0.05, 0) is 30.8 Å². The molecule has 2 rings (SSSR count). The Kier molecular flexibility index (Phi) is 11.7. The van der Waals surface area contributed by atoms with Crippen molar-refractivity contribution in [3.05, 3.63) is 39.2 Å². The number of H-pyrrole nitrogens is 1. The number of carbonyl (C=O) groups is 1. The van der Waals surface area contributed by atoms with E-state index in [0.29, 0.717) is 23.3 Å². The number of carbonyl (C=O) groups excluding carboxylic acids is 1. The number of hydrogen-bond donors (Lipinski definition) is 2. The summed E-state index contributed by atoms with van der Waals surface area (Å²) in [5.74, 6) is 0.732. The molecule has 0 bridgehead atoms. The van der Waals surface area contributed by atoms with E-state index in [1.165, 1.54) is 0 Å². The molecule has 22 heavy (non-hydrogen) atoms. The number of hydrogen-bond acceptors (Lipinski definition) is 6. The van der Waals surface area contributed by atoms with Crippen molar-refractivity contribution < 1.29 is 45.6 Å². The number of aromatic nitrogens is 1. The minimum Gasteiger partial charge on any atom is -1.00 e. The van der Waals surface area contributed by atoms with Gasteiger partial charge >= 0.3 is 29.6 Å². The third kappa shape index (κ3) is 8.32. The first-order valence-corrected chi connectivity index (χ1v) is 7.32. The van der Waals surface area contributed by atoms with Gasteiger partial charge in [0.05, 0.1) is 12.7 Å². The number of nitrogens with one attached hydrogen (secondary N) is 1. The summed E-state index contributed by atoms with van der Waals surface area (Å²) in [6.45, 7) is 0.623. The van der Waals surface area contributed by atoms with Gasteiger partial charge in [-0.25, -0.2) is 0 Å². The zero-order chi connectivity index (χ0) is 15.5. The van der Waals surface area contributed by atoms with Gasteiger partial charge in [-0.3, -0.25) is 4.79 Å². The smallest absolute Gasteiger partial charge is 1.00 e. The molecule has 1 heterocycles. The molecule has 112 valence electrons. The normalized spacial score (nSPS) is 8.68. The van der Waals surface area contributed by atoms with Crippen molar-refractivity contribution in [2.75, 3.05) is 6.61 Å². The first kappa shape index (κ1) is 20.8. The molecule has 0 aliphatic rings. The number of nitrogens with zero attached hydrogens (tertiary/aromatic N) is 1. The Labute approximate surface area is 161 Å². The topological polar surface area (TPSA) is 86.1 Å². The molecule has 1 aromatic carbocycles. The maximum absolute atomic E-state index is 10.0. The van der Waals surface area contributed by atoms with E-state index >= 15 is 0 Å². The molecule has 0 saturated heterocycles. The van der Waals surface area contributed by atoms with Gasteiger partial charge in [-0.2, -0.15) is 5.26 Å². The Hall–Kier alpha value is -1.17. The quantitative estimate of drug-likeness (QED) is 0.362. The summed E-state index contributed by atoms with van der Waals surface area (Å²) in [4.78, 5) is 12.7. The zero-order valence-electron chi connectivity index (χ0n) is 13.1. The van der Waals surface area contributed by atoms with Crippen LogP contribution >= 0.6 is 23.6 Å². The summed E-state index contributed by atoms with van der Waals surface area (Å²) in [5.41, 5.74) is 0. The van der Waals surface area contributed by atoms with Gasteiger partial charge in [0.2, 0.25) is 5.88 Å². The summed E-state index contributed by atoms with van der Waals surface area (Å²) in [7, 11) is 0. The van der Waals surface area contributed by atoms with Crippen LogP contribution in [-0.2, 0) is 0 Å². The van der Waals surface area contributed by atoms with E-state index < -0.39 is 0 Å². The van der Waals surface area contributed by atoms with Crippen molar-refractivity contribution >= 4 is 29.8 Å². The van der Waals surface area contributed by atoms with Crippen LogP contribution < -0.4 is 34.3 Å². The van der Waals surface area contributed by atoms with Crippen LogP contribution in [0, 0.1) is 15.3 Å². The van der Waals surface area contributed by atoms with Gasteiger partial charge in [-0.15, -0.1) is 0 Å². The molecule has 0 atom stereocenters. The summed E-state index contributed by atoms with van der Waals surface area (Å²) < 4.78 is 5.77. The van der Waals surface area contributed by atoms with E-state index in [9.17, 15) is 4.79 Å². The molecule has 0 saturated carbocycles. The monoisotopic (exact) mass is 346 g/mol. The predicted molar refractivity (Wildman–Crippen MR) is 84.5 cm³/mol. The number of para-hydroxylation sites is 1. The van der Waals surface area contributed by atoms with Crippen LogP contribution in [0.5, 0.6) is 11.6 Å². The van der Waals surface area contributed by atoms with Crippen molar-refractivity contribution in [3.63, 3.8) is 0 Å². The molecule has 2 N–H and O–H groups in total.